The second kappa shape index (κ2) is 12.9. The smallest absolute Gasteiger partial charge is 0.253 e. The first kappa shape index (κ1) is 26.2. The van der Waals surface area contributed by atoms with Crippen molar-refractivity contribution in [2.24, 2.45) is 5.92 Å². The molecule has 35 heavy (non-hydrogen) atoms. The van der Waals surface area contributed by atoms with Crippen LogP contribution >= 0.6 is 0 Å². The Balaban J connectivity index is 1.28. The third-order valence-corrected chi connectivity index (χ3v) is 8.58. The van der Waals surface area contributed by atoms with Crippen LogP contribution < -0.4 is 5.32 Å². The average molecular weight is 483 g/mol. The number of piperidine rings is 1. The second-order valence-corrected chi connectivity index (χ2v) is 10.9. The summed E-state index contributed by atoms with van der Waals surface area (Å²) in [6, 6.07) is 8.63. The van der Waals surface area contributed by atoms with Gasteiger partial charge in [-0.05, 0) is 75.6 Å². The molecule has 0 aromatic heterocycles. The maximum atomic E-state index is 13.4. The molecule has 3 fully saturated rings. The Morgan fingerprint density at radius 3 is 2.29 bits per heavy atom. The molecule has 6 heteroatoms. The van der Waals surface area contributed by atoms with E-state index >= 15 is 0 Å². The van der Waals surface area contributed by atoms with Gasteiger partial charge in [-0.15, -0.1) is 0 Å². The predicted octanol–water partition coefficient (Wildman–Crippen LogP) is 3.95. The zero-order valence-corrected chi connectivity index (χ0v) is 22.0. The van der Waals surface area contributed by atoms with Gasteiger partial charge in [-0.25, -0.2) is 0 Å². The van der Waals surface area contributed by atoms with Crippen molar-refractivity contribution in [3.63, 3.8) is 0 Å². The van der Waals surface area contributed by atoms with Gasteiger partial charge in [0.1, 0.15) is 0 Å². The van der Waals surface area contributed by atoms with E-state index in [0.717, 1.165) is 57.4 Å². The molecular formula is C29H46N4O2. The van der Waals surface area contributed by atoms with Gasteiger partial charge in [0.15, 0.2) is 0 Å². The summed E-state index contributed by atoms with van der Waals surface area (Å²) in [5, 5.41) is 3.29. The van der Waals surface area contributed by atoms with Crippen LogP contribution in [0, 0.1) is 5.92 Å². The Labute approximate surface area is 212 Å². The molecule has 0 spiro atoms. The summed E-state index contributed by atoms with van der Waals surface area (Å²) in [7, 11) is 0. The van der Waals surface area contributed by atoms with E-state index in [0.29, 0.717) is 25.0 Å². The van der Waals surface area contributed by atoms with E-state index in [4.69, 9.17) is 0 Å². The number of nitrogens with zero attached hydrogens (tertiary/aromatic N) is 3. The molecule has 2 aliphatic heterocycles. The van der Waals surface area contributed by atoms with E-state index in [1.165, 1.54) is 44.2 Å². The molecule has 4 rings (SSSR count). The molecule has 3 aliphatic rings. The van der Waals surface area contributed by atoms with Crippen molar-refractivity contribution in [3.8, 4) is 0 Å². The monoisotopic (exact) mass is 482 g/mol. The van der Waals surface area contributed by atoms with Crippen LogP contribution in [0.15, 0.2) is 24.3 Å². The molecule has 2 atom stereocenters. The normalized spacial score (nSPS) is 23.4. The lowest BCUT2D eigenvalue weighted by atomic mass is 9.95. The number of likely N-dealkylation sites (tertiary alicyclic amines) is 1. The lowest BCUT2D eigenvalue weighted by molar-refractivity contribution is -0.129. The van der Waals surface area contributed by atoms with Crippen LogP contribution in [0.3, 0.4) is 0 Å². The van der Waals surface area contributed by atoms with Crippen LogP contribution in [0.25, 0.3) is 0 Å². The summed E-state index contributed by atoms with van der Waals surface area (Å²) in [5.74, 6) is 0.764. The Bertz CT molecular complexity index is 812. The van der Waals surface area contributed by atoms with Crippen molar-refractivity contribution >= 4 is 11.8 Å². The number of carbonyl (C=O) groups is 2. The van der Waals surface area contributed by atoms with Gasteiger partial charge < -0.3 is 15.1 Å². The number of nitrogens with one attached hydrogen (secondary N) is 1. The topological polar surface area (TPSA) is 55.9 Å². The first-order chi connectivity index (χ1) is 17.1. The fourth-order valence-electron chi connectivity index (χ4n) is 6.31. The molecular weight excluding hydrogens is 436 g/mol. The van der Waals surface area contributed by atoms with Crippen LogP contribution in [0.4, 0.5) is 0 Å². The molecule has 2 amide bonds. The van der Waals surface area contributed by atoms with E-state index in [1.54, 1.807) is 0 Å². The van der Waals surface area contributed by atoms with Crippen molar-refractivity contribution < 1.29 is 9.59 Å². The molecule has 2 saturated heterocycles. The summed E-state index contributed by atoms with van der Waals surface area (Å²) in [6.07, 6.45) is 10.7. The van der Waals surface area contributed by atoms with Gasteiger partial charge in [0.05, 0.1) is 6.04 Å². The fourth-order valence-corrected chi connectivity index (χ4v) is 6.31. The minimum atomic E-state index is -0.0486. The Morgan fingerprint density at radius 1 is 0.943 bits per heavy atom. The zero-order chi connectivity index (χ0) is 24.6. The fraction of sp³-hybridized carbons (Fsp3) is 0.724. The highest BCUT2D eigenvalue weighted by Crippen LogP contribution is 2.31. The van der Waals surface area contributed by atoms with Gasteiger partial charge in [0.2, 0.25) is 5.91 Å². The Morgan fingerprint density at radius 2 is 1.63 bits per heavy atom. The molecule has 194 valence electrons. The summed E-state index contributed by atoms with van der Waals surface area (Å²) < 4.78 is 0. The molecule has 1 N–H and O–H groups in total. The Hall–Kier alpha value is -1.92. The highest BCUT2D eigenvalue weighted by molar-refractivity contribution is 5.94. The number of amides is 2. The number of piperazine rings is 1. The van der Waals surface area contributed by atoms with Crippen molar-refractivity contribution in [3.05, 3.63) is 35.4 Å². The molecule has 1 aromatic carbocycles. The molecule has 2 heterocycles. The van der Waals surface area contributed by atoms with Crippen molar-refractivity contribution in [2.75, 3.05) is 45.8 Å². The second-order valence-electron chi connectivity index (χ2n) is 10.9. The molecule has 0 radical (unpaired) electrons. The molecule has 1 aliphatic carbocycles. The molecule has 0 unspecified atom stereocenters. The number of hydrogen-bond acceptors (Lipinski definition) is 4. The summed E-state index contributed by atoms with van der Waals surface area (Å²) >= 11 is 0. The van der Waals surface area contributed by atoms with Crippen molar-refractivity contribution in [2.45, 2.75) is 83.7 Å². The first-order valence-corrected chi connectivity index (χ1v) is 14.2. The SMILES string of the molecule is CCc1ccc(C(=O)N2CCN([C@H](C(=O)NCCCN3CCCC[C@@H]3C)C3CCCC3)CC2)cc1. The number of benzene rings is 1. The molecule has 6 nitrogen and oxygen atoms in total. The number of aryl methyl sites for hydroxylation is 1. The Kier molecular flexibility index (Phi) is 9.61. The lowest BCUT2D eigenvalue weighted by Gasteiger charge is -2.41. The summed E-state index contributed by atoms with van der Waals surface area (Å²) in [4.78, 5) is 33.3. The predicted molar refractivity (Wildman–Crippen MR) is 142 cm³/mol. The van der Waals surface area contributed by atoms with Crippen LogP contribution in [0.1, 0.15) is 81.1 Å². The van der Waals surface area contributed by atoms with Crippen LogP contribution in [0.5, 0.6) is 0 Å². The number of hydrogen-bond donors (Lipinski definition) is 1. The molecule has 0 bridgehead atoms. The van der Waals surface area contributed by atoms with Crippen LogP contribution in [-0.4, -0.2) is 84.4 Å². The van der Waals surface area contributed by atoms with Gasteiger partial charge in [0.25, 0.3) is 5.91 Å². The standard InChI is InChI=1S/C29H46N4O2/c1-3-24-12-14-26(15-13-24)29(35)33-21-19-32(20-22-33)27(25-10-4-5-11-25)28(34)30-16-8-18-31-17-7-6-9-23(31)2/h12-15,23,25,27H,3-11,16-22H2,1-2H3,(H,30,34)/t23-,27-/m0/s1. The van der Waals surface area contributed by atoms with E-state index < -0.39 is 0 Å². The van der Waals surface area contributed by atoms with Gasteiger partial charge in [-0.3, -0.25) is 14.5 Å². The van der Waals surface area contributed by atoms with Gasteiger partial charge in [0, 0.05) is 50.9 Å². The van der Waals surface area contributed by atoms with Crippen molar-refractivity contribution in [1.29, 1.82) is 0 Å². The van der Waals surface area contributed by atoms with Gasteiger partial charge >= 0.3 is 0 Å². The highest BCUT2D eigenvalue weighted by Gasteiger charge is 2.37. The van der Waals surface area contributed by atoms with E-state index in [2.05, 4.69) is 41.1 Å². The number of carbonyl (C=O) groups excluding carboxylic acids is 2. The average Bonchev–Trinajstić information content (AvgIpc) is 3.42. The minimum Gasteiger partial charge on any atom is -0.355 e. The largest absolute Gasteiger partial charge is 0.355 e. The highest BCUT2D eigenvalue weighted by atomic mass is 16.2. The van der Waals surface area contributed by atoms with Crippen LogP contribution in [0.2, 0.25) is 0 Å². The lowest BCUT2D eigenvalue weighted by Crippen LogP contribution is -2.58. The maximum absolute atomic E-state index is 13.4. The van der Waals surface area contributed by atoms with Crippen LogP contribution in [-0.2, 0) is 11.2 Å². The first-order valence-electron chi connectivity index (χ1n) is 14.2. The maximum Gasteiger partial charge on any atom is 0.253 e. The molecule has 1 aromatic rings. The third kappa shape index (κ3) is 6.85. The third-order valence-electron chi connectivity index (χ3n) is 8.58. The van der Waals surface area contributed by atoms with Crippen molar-refractivity contribution in [1.82, 2.24) is 20.0 Å². The summed E-state index contributed by atoms with van der Waals surface area (Å²) in [5.41, 5.74) is 2.02. The molecule has 1 saturated carbocycles. The van der Waals surface area contributed by atoms with E-state index in [1.807, 2.05) is 17.0 Å². The number of rotatable bonds is 9. The van der Waals surface area contributed by atoms with Gasteiger partial charge in [-0.2, -0.15) is 0 Å². The zero-order valence-electron chi connectivity index (χ0n) is 22.0. The summed E-state index contributed by atoms with van der Waals surface area (Å²) in [6.45, 7) is 10.4. The van der Waals surface area contributed by atoms with E-state index in [-0.39, 0.29) is 17.9 Å². The quantitative estimate of drug-likeness (QED) is 0.542. The minimum absolute atomic E-state index is 0.0486. The van der Waals surface area contributed by atoms with Gasteiger partial charge in [-0.1, -0.05) is 38.3 Å². The van der Waals surface area contributed by atoms with E-state index in [9.17, 15) is 9.59 Å².